The molecule has 10 heteroatoms. The van der Waals surface area contributed by atoms with E-state index >= 15 is 0 Å². The first-order valence-corrected chi connectivity index (χ1v) is 13.9. The van der Waals surface area contributed by atoms with Crippen LogP contribution in [0.15, 0.2) is 65.5 Å². The van der Waals surface area contributed by atoms with Crippen molar-refractivity contribution in [3.8, 4) is 0 Å². The number of benzene rings is 1. The maximum Gasteiger partial charge on any atom is 0.296 e. The number of rotatable bonds is 5. The van der Waals surface area contributed by atoms with E-state index in [4.69, 9.17) is 15.1 Å². The van der Waals surface area contributed by atoms with Gasteiger partial charge in [-0.05, 0) is 50.8 Å². The highest BCUT2D eigenvalue weighted by molar-refractivity contribution is 5.79. The number of nitrogens with zero attached hydrogens (tertiary/aromatic N) is 6. The van der Waals surface area contributed by atoms with Gasteiger partial charge in [-0.3, -0.25) is 10.00 Å². The molecule has 0 spiro atoms. The lowest BCUT2D eigenvalue weighted by molar-refractivity contribution is 0.0770. The van der Waals surface area contributed by atoms with E-state index in [0.717, 1.165) is 55.5 Å². The average molecular weight is 526 g/mol. The van der Waals surface area contributed by atoms with Crippen LogP contribution >= 0.6 is 0 Å². The molecule has 0 amide bonds. The Morgan fingerprint density at radius 2 is 1.79 bits per heavy atom. The third kappa shape index (κ3) is 4.42. The minimum Gasteiger partial charge on any atom is -0.424 e. The standard InChI is InChI=1S/C29H35N9O/c1-37-14-16-38(17-15-37)21-8-6-20(7-9-21)29(34-27-33-23-4-2-3-5-24(23)39-27)12-10-28(30,11-13-29)25-22-18-31-19-32-26(22)36-35-25/h2-5,10-13,18-21H,6-9,14-17,30H2,1H3,(H,33,34)(H,31,32,35,36)/t20?,21?,28-,29-. The number of aromatic amines is 1. The summed E-state index contributed by atoms with van der Waals surface area (Å²) in [7, 11) is 2.22. The number of anilines is 1. The number of hydrogen-bond donors (Lipinski definition) is 3. The van der Waals surface area contributed by atoms with Crippen LogP contribution in [0.3, 0.4) is 0 Å². The summed E-state index contributed by atoms with van der Waals surface area (Å²) in [5.41, 5.74) is 8.58. The number of piperazine rings is 1. The third-order valence-electron chi connectivity index (χ3n) is 8.96. The van der Waals surface area contributed by atoms with Crippen LogP contribution in [0.5, 0.6) is 0 Å². The van der Waals surface area contributed by atoms with Crippen molar-refractivity contribution in [3.63, 3.8) is 0 Å². The van der Waals surface area contributed by atoms with Crippen molar-refractivity contribution in [2.75, 3.05) is 38.5 Å². The molecule has 0 unspecified atom stereocenters. The predicted octanol–water partition coefficient (Wildman–Crippen LogP) is 3.43. The Kier molecular flexibility index (Phi) is 5.98. The van der Waals surface area contributed by atoms with Crippen LogP contribution < -0.4 is 11.1 Å². The second kappa shape index (κ2) is 9.55. The molecule has 0 bridgehead atoms. The van der Waals surface area contributed by atoms with Crippen molar-refractivity contribution in [1.82, 2.24) is 34.9 Å². The topological polar surface area (TPSA) is 125 Å². The highest BCUT2D eigenvalue weighted by Crippen LogP contribution is 2.42. The molecule has 7 rings (SSSR count). The minimum atomic E-state index is -0.882. The number of H-pyrrole nitrogens is 1. The van der Waals surface area contributed by atoms with Gasteiger partial charge in [-0.25, -0.2) is 9.97 Å². The maximum atomic E-state index is 6.94. The predicted molar refractivity (Wildman–Crippen MR) is 151 cm³/mol. The summed E-state index contributed by atoms with van der Waals surface area (Å²) in [6.07, 6.45) is 16.4. The van der Waals surface area contributed by atoms with E-state index in [1.165, 1.54) is 19.2 Å². The Bertz CT molecular complexity index is 1470. The van der Waals surface area contributed by atoms with E-state index < -0.39 is 11.1 Å². The molecule has 3 aromatic heterocycles. The largest absolute Gasteiger partial charge is 0.424 e. The molecule has 202 valence electrons. The van der Waals surface area contributed by atoms with Crippen molar-refractivity contribution in [2.45, 2.75) is 42.8 Å². The van der Waals surface area contributed by atoms with Gasteiger partial charge >= 0.3 is 0 Å². The van der Waals surface area contributed by atoms with Gasteiger partial charge in [0, 0.05) is 38.4 Å². The van der Waals surface area contributed by atoms with Crippen molar-refractivity contribution >= 4 is 28.1 Å². The molecule has 2 aliphatic carbocycles. The summed E-state index contributed by atoms with van der Waals surface area (Å²) in [5.74, 6) is 0.368. The second-order valence-corrected chi connectivity index (χ2v) is 11.3. The molecule has 0 radical (unpaired) electrons. The molecular formula is C29H35N9O. The summed E-state index contributed by atoms with van der Waals surface area (Å²) in [4.78, 5) is 18.3. The quantitative estimate of drug-likeness (QED) is 0.336. The molecular weight excluding hydrogens is 490 g/mol. The molecule has 4 heterocycles. The molecule has 1 aromatic carbocycles. The number of hydrogen-bond acceptors (Lipinski definition) is 9. The maximum absolute atomic E-state index is 6.94. The number of likely N-dealkylation sites (N-methyl/N-ethyl adjacent to an activating group) is 1. The Morgan fingerprint density at radius 1 is 1.03 bits per heavy atom. The zero-order valence-electron chi connectivity index (χ0n) is 22.3. The van der Waals surface area contributed by atoms with Crippen LogP contribution in [-0.2, 0) is 5.54 Å². The van der Waals surface area contributed by atoms with E-state index in [1.807, 2.05) is 24.3 Å². The van der Waals surface area contributed by atoms with Gasteiger partial charge in [0.15, 0.2) is 11.2 Å². The lowest BCUT2D eigenvalue weighted by Gasteiger charge is -2.46. The minimum absolute atomic E-state index is 0.368. The van der Waals surface area contributed by atoms with Crippen LogP contribution in [0.1, 0.15) is 31.4 Å². The van der Waals surface area contributed by atoms with Gasteiger partial charge in [0.1, 0.15) is 17.5 Å². The molecule has 0 atom stereocenters. The van der Waals surface area contributed by atoms with E-state index in [2.05, 4.69) is 66.6 Å². The monoisotopic (exact) mass is 525 g/mol. The summed E-state index contributed by atoms with van der Waals surface area (Å²) in [6.45, 7) is 4.63. The third-order valence-corrected chi connectivity index (χ3v) is 8.96. The van der Waals surface area contributed by atoms with Gasteiger partial charge in [0.05, 0.1) is 16.5 Å². The van der Waals surface area contributed by atoms with Crippen molar-refractivity contribution in [3.05, 3.63) is 66.8 Å². The van der Waals surface area contributed by atoms with Crippen molar-refractivity contribution in [2.24, 2.45) is 11.7 Å². The highest BCUT2D eigenvalue weighted by Gasteiger charge is 2.43. The van der Waals surface area contributed by atoms with Gasteiger partial charge in [-0.2, -0.15) is 10.1 Å². The molecule has 3 aliphatic rings. The first-order chi connectivity index (χ1) is 19.0. The fourth-order valence-corrected chi connectivity index (χ4v) is 6.59. The Labute approximate surface area is 227 Å². The number of nitrogens with two attached hydrogens (primary N) is 1. The fraction of sp³-hybridized carbons (Fsp3) is 0.448. The molecule has 4 aromatic rings. The first-order valence-electron chi connectivity index (χ1n) is 13.9. The number of oxazole rings is 1. The number of aromatic nitrogens is 5. The summed E-state index contributed by atoms with van der Waals surface area (Å²) in [6, 6.07) is 9.04. The van der Waals surface area contributed by atoms with Crippen LogP contribution in [0.4, 0.5) is 6.01 Å². The smallest absolute Gasteiger partial charge is 0.296 e. The van der Waals surface area contributed by atoms with Gasteiger partial charge < -0.3 is 20.4 Å². The second-order valence-electron chi connectivity index (χ2n) is 11.3. The summed E-state index contributed by atoms with van der Waals surface area (Å²) in [5, 5.41) is 12.0. The number of fused-ring (bicyclic) bond motifs is 2. The van der Waals surface area contributed by atoms with Crippen LogP contribution in [0.25, 0.3) is 22.1 Å². The van der Waals surface area contributed by atoms with Crippen LogP contribution in [-0.4, -0.2) is 79.8 Å². The number of para-hydroxylation sites is 2. The van der Waals surface area contributed by atoms with Gasteiger partial charge in [0.2, 0.25) is 0 Å². The summed E-state index contributed by atoms with van der Waals surface area (Å²) < 4.78 is 6.13. The lowest BCUT2D eigenvalue weighted by atomic mass is 9.69. The molecule has 1 saturated heterocycles. The Hall–Kier alpha value is -3.60. The normalized spacial score (nSPS) is 30.3. The zero-order chi connectivity index (χ0) is 26.5. The molecule has 1 aliphatic heterocycles. The Balaban J connectivity index is 1.18. The average Bonchev–Trinajstić information content (AvgIpc) is 3.59. The lowest BCUT2D eigenvalue weighted by Crippen LogP contribution is -2.52. The molecule has 39 heavy (non-hydrogen) atoms. The molecule has 1 saturated carbocycles. The van der Waals surface area contributed by atoms with Gasteiger partial charge in [-0.1, -0.05) is 36.4 Å². The van der Waals surface area contributed by atoms with Gasteiger partial charge in [-0.15, -0.1) is 0 Å². The Morgan fingerprint density at radius 3 is 2.56 bits per heavy atom. The van der Waals surface area contributed by atoms with E-state index in [0.29, 0.717) is 29.3 Å². The van der Waals surface area contributed by atoms with Crippen LogP contribution in [0, 0.1) is 5.92 Å². The summed E-state index contributed by atoms with van der Waals surface area (Å²) >= 11 is 0. The van der Waals surface area contributed by atoms with Crippen molar-refractivity contribution < 1.29 is 4.42 Å². The highest BCUT2D eigenvalue weighted by atomic mass is 16.4. The van der Waals surface area contributed by atoms with E-state index in [1.54, 1.807) is 6.20 Å². The van der Waals surface area contributed by atoms with Gasteiger partial charge in [0.25, 0.3) is 6.01 Å². The van der Waals surface area contributed by atoms with Crippen LogP contribution in [0.2, 0.25) is 0 Å². The van der Waals surface area contributed by atoms with Crippen molar-refractivity contribution in [1.29, 1.82) is 0 Å². The molecule has 2 fully saturated rings. The van der Waals surface area contributed by atoms with E-state index in [9.17, 15) is 0 Å². The fourth-order valence-electron chi connectivity index (χ4n) is 6.59. The molecule has 10 nitrogen and oxygen atoms in total. The number of nitrogens with one attached hydrogen (secondary N) is 2. The molecule has 4 N–H and O–H groups in total. The SMILES string of the molecule is CN1CCN(C2CCC([C@]3(Nc4nc5ccccc5o4)C=C[C@@](N)(c4n[nH]c5ncncc54)C=C3)CC2)CC1. The van der Waals surface area contributed by atoms with E-state index in [-0.39, 0.29) is 0 Å². The first kappa shape index (κ1) is 24.4. The zero-order valence-corrected chi connectivity index (χ0v) is 22.3.